The van der Waals surface area contributed by atoms with Crippen LogP contribution in [0.25, 0.3) is 0 Å². The Balaban J connectivity index is 1.58. The first-order chi connectivity index (χ1) is 8.72. The van der Waals surface area contributed by atoms with Crippen molar-refractivity contribution >= 4 is 5.91 Å². The van der Waals surface area contributed by atoms with Gasteiger partial charge in [-0.3, -0.25) is 4.79 Å². The number of carbonyl (C=O) groups excluding carboxylic acids is 1. The van der Waals surface area contributed by atoms with E-state index in [1.807, 2.05) is 6.92 Å². The van der Waals surface area contributed by atoms with E-state index in [1.165, 1.54) is 19.2 Å². The molecule has 0 aliphatic carbocycles. The van der Waals surface area contributed by atoms with E-state index >= 15 is 0 Å². The first kappa shape index (κ1) is 11.6. The first-order valence-electron chi connectivity index (χ1n) is 6.63. The summed E-state index contributed by atoms with van der Waals surface area (Å²) >= 11 is 0. The highest BCUT2D eigenvalue weighted by Gasteiger charge is 2.34. The Morgan fingerprint density at radius 2 is 2.17 bits per heavy atom. The predicted octanol–water partition coefficient (Wildman–Crippen LogP) is 0.238. The fourth-order valence-corrected chi connectivity index (χ4v) is 3.03. The monoisotopic (exact) mass is 249 g/mol. The summed E-state index contributed by atoms with van der Waals surface area (Å²) in [5, 5.41) is 10.7. The van der Waals surface area contributed by atoms with Gasteiger partial charge < -0.3 is 10.6 Å². The van der Waals surface area contributed by atoms with Gasteiger partial charge in [-0.2, -0.15) is 5.10 Å². The minimum absolute atomic E-state index is 0.0341. The Bertz CT molecular complexity index is 406. The van der Waals surface area contributed by atoms with Crippen molar-refractivity contribution in [3.63, 3.8) is 0 Å². The van der Waals surface area contributed by atoms with Crippen LogP contribution in [0.2, 0.25) is 0 Å². The molecule has 6 heteroatoms. The Hall–Kier alpha value is -1.43. The normalized spacial score (nSPS) is 32.2. The van der Waals surface area contributed by atoms with Gasteiger partial charge in [-0.25, -0.2) is 9.67 Å². The summed E-state index contributed by atoms with van der Waals surface area (Å²) in [5.41, 5.74) is 0. The summed E-state index contributed by atoms with van der Waals surface area (Å²) in [6, 6.07) is 1.20. The van der Waals surface area contributed by atoms with Crippen molar-refractivity contribution in [1.29, 1.82) is 0 Å². The van der Waals surface area contributed by atoms with Crippen LogP contribution in [0.3, 0.4) is 0 Å². The van der Waals surface area contributed by atoms with Gasteiger partial charge in [0.2, 0.25) is 5.91 Å². The molecule has 98 valence electrons. The van der Waals surface area contributed by atoms with E-state index in [0.717, 1.165) is 12.8 Å². The molecule has 0 radical (unpaired) electrons. The van der Waals surface area contributed by atoms with E-state index < -0.39 is 0 Å². The van der Waals surface area contributed by atoms with Crippen LogP contribution in [-0.2, 0) is 4.79 Å². The Kier molecular flexibility index (Phi) is 3.03. The molecule has 2 N–H and O–H groups in total. The molecule has 3 unspecified atom stereocenters. The average Bonchev–Trinajstić information content (AvgIpc) is 2.98. The molecule has 0 spiro atoms. The van der Waals surface area contributed by atoms with Crippen LogP contribution in [0.1, 0.15) is 38.6 Å². The van der Waals surface area contributed by atoms with Gasteiger partial charge in [0.05, 0.1) is 0 Å². The van der Waals surface area contributed by atoms with E-state index in [1.54, 1.807) is 11.0 Å². The summed E-state index contributed by atoms with van der Waals surface area (Å²) in [5.74, 6) is 0.0341. The minimum atomic E-state index is -0.292. The molecule has 0 aromatic carbocycles. The number of nitrogens with one attached hydrogen (secondary N) is 2. The second kappa shape index (κ2) is 4.68. The molecule has 2 bridgehead atoms. The van der Waals surface area contributed by atoms with Crippen molar-refractivity contribution < 1.29 is 4.79 Å². The Morgan fingerprint density at radius 1 is 1.44 bits per heavy atom. The largest absolute Gasteiger partial charge is 0.351 e. The number of amides is 1. The van der Waals surface area contributed by atoms with E-state index in [4.69, 9.17) is 0 Å². The molecule has 3 heterocycles. The Labute approximate surface area is 106 Å². The third-order valence-electron chi connectivity index (χ3n) is 4.03. The van der Waals surface area contributed by atoms with Crippen LogP contribution in [0.5, 0.6) is 0 Å². The smallest absolute Gasteiger partial charge is 0.244 e. The molecule has 2 saturated heterocycles. The zero-order valence-corrected chi connectivity index (χ0v) is 10.5. The summed E-state index contributed by atoms with van der Waals surface area (Å²) in [6.07, 6.45) is 7.62. The second-order valence-corrected chi connectivity index (χ2v) is 5.37. The Morgan fingerprint density at radius 3 is 2.78 bits per heavy atom. The number of fused-ring (bicyclic) bond motifs is 2. The van der Waals surface area contributed by atoms with Gasteiger partial charge in [-0.15, -0.1) is 0 Å². The lowest BCUT2D eigenvalue weighted by atomic mass is 9.99. The van der Waals surface area contributed by atoms with Gasteiger partial charge in [-0.05, 0) is 32.6 Å². The molecule has 1 aromatic heterocycles. The van der Waals surface area contributed by atoms with Crippen molar-refractivity contribution in [3.05, 3.63) is 12.7 Å². The van der Waals surface area contributed by atoms with Crippen LogP contribution < -0.4 is 10.6 Å². The van der Waals surface area contributed by atoms with Crippen LogP contribution in [0.4, 0.5) is 0 Å². The summed E-state index contributed by atoms with van der Waals surface area (Å²) in [7, 11) is 0. The van der Waals surface area contributed by atoms with Crippen LogP contribution in [0.15, 0.2) is 12.7 Å². The summed E-state index contributed by atoms with van der Waals surface area (Å²) in [4.78, 5) is 16.0. The first-order valence-corrected chi connectivity index (χ1v) is 6.63. The minimum Gasteiger partial charge on any atom is -0.351 e. The molecule has 6 nitrogen and oxygen atoms in total. The molecule has 2 aliphatic rings. The third kappa shape index (κ3) is 2.25. The molecule has 18 heavy (non-hydrogen) atoms. The van der Waals surface area contributed by atoms with Gasteiger partial charge in [0.25, 0.3) is 0 Å². The van der Waals surface area contributed by atoms with Crippen molar-refractivity contribution in [2.24, 2.45) is 0 Å². The standard InChI is InChI=1S/C12H19N5O/c1-8(17-7-13-6-14-17)12(18)16-11-4-9-2-3-10(5-11)15-9/h6-11,15H,2-5H2,1H3,(H,16,18). The van der Waals surface area contributed by atoms with E-state index in [-0.39, 0.29) is 11.9 Å². The SMILES string of the molecule is CC(C(=O)NC1CC2CCC(C1)N2)n1cncn1. The van der Waals surface area contributed by atoms with Crippen molar-refractivity contribution in [1.82, 2.24) is 25.4 Å². The molecule has 2 aliphatic heterocycles. The fraction of sp³-hybridized carbons (Fsp3) is 0.750. The lowest BCUT2D eigenvalue weighted by Crippen LogP contribution is -2.49. The zero-order valence-electron chi connectivity index (χ0n) is 10.5. The highest BCUT2D eigenvalue weighted by Crippen LogP contribution is 2.26. The maximum Gasteiger partial charge on any atom is 0.244 e. The molecule has 0 saturated carbocycles. The molecule has 2 fully saturated rings. The zero-order chi connectivity index (χ0) is 12.5. The number of piperidine rings is 1. The molecule has 1 amide bonds. The van der Waals surface area contributed by atoms with Crippen LogP contribution in [-0.4, -0.2) is 38.8 Å². The number of nitrogens with zero attached hydrogens (tertiary/aromatic N) is 3. The van der Waals surface area contributed by atoms with Gasteiger partial charge in [0.1, 0.15) is 18.7 Å². The number of hydrogen-bond donors (Lipinski definition) is 2. The van der Waals surface area contributed by atoms with Gasteiger partial charge in [-0.1, -0.05) is 0 Å². The van der Waals surface area contributed by atoms with Gasteiger partial charge >= 0.3 is 0 Å². The maximum atomic E-state index is 12.1. The topological polar surface area (TPSA) is 71.8 Å². The molecule has 1 aromatic rings. The second-order valence-electron chi connectivity index (χ2n) is 5.37. The lowest BCUT2D eigenvalue weighted by molar-refractivity contribution is -0.125. The number of aromatic nitrogens is 3. The fourth-order valence-electron chi connectivity index (χ4n) is 3.03. The van der Waals surface area contributed by atoms with Gasteiger partial charge in [0.15, 0.2) is 0 Å². The number of hydrogen-bond acceptors (Lipinski definition) is 4. The molecular weight excluding hydrogens is 230 g/mol. The maximum absolute atomic E-state index is 12.1. The highest BCUT2D eigenvalue weighted by atomic mass is 16.2. The molecular formula is C12H19N5O. The molecule has 3 rings (SSSR count). The number of rotatable bonds is 3. The van der Waals surface area contributed by atoms with Crippen molar-refractivity contribution in [3.8, 4) is 0 Å². The van der Waals surface area contributed by atoms with Crippen molar-refractivity contribution in [2.75, 3.05) is 0 Å². The third-order valence-corrected chi connectivity index (χ3v) is 4.03. The number of carbonyl (C=O) groups is 1. The summed E-state index contributed by atoms with van der Waals surface area (Å²) < 4.78 is 1.59. The van der Waals surface area contributed by atoms with E-state index in [9.17, 15) is 4.79 Å². The highest BCUT2D eigenvalue weighted by molar-refractivity contribution is 5.80. The lowest BCUT2D eigenvalue weighted by Gasteiger charge is -2.30. The quantitative estimate of drug-likeness (QED) is 0.805. The van der Waals surface area contributed by atoms with Crippen LogP contribution in [0, 0.1) is 0 Å². The van der Waals surface area contributed by atoms with Gasteiger partial charge in [0, 0.05) is 18.1 Å². The van der Waals surface area contributed by atoms with E-state index in [2.05, 4.69) is 20.7 Å². The molecule has 3 atom stereocenters. The average molecular weight is 249 g/mol. The van der Waals surface area contributed by atoms with Crippen molar-refractivity contribution in [2.45, 2.75) is 56.8 Å². The van der Waals surface area contributed by atoms with E-state index in [0.29, 0.717) is 18.1 Å². The summed E-state index contributed by atoms with van der Waals surface area (Å²) in [6.45, 7) is 1.85. The predicted molar refractivity (Wildman–Crippen MR) is 65.8 cm³/mol. The van der Waals surface area contributed by atoms with Crippen LogP contribution >= 0.6 is 0 Å².